The summed E-state index contributed by atoms with van der Waals surface area (Å²) in [5.41, 5.74) is 6.32. The topological polar surface area (TPSA) is 78.9 Å². The molecule has 0 heterocycles. The van der Waals surface area contributed by atoms with E-state index in [1.54, 1.807) is 24.3 Å². The highest BCUT2D eigenvalue weighted by Gasteiger charge is 2.29. The van der Waals surface area contributed by atoms with Crippen molar-refractivity contribution in [2.45, 2.75) is 20.3 Å². The zero-order valence-electron chi connectivity index (χ0n) is 10.2. The first-order valence-corrected chi connectivity index (χ1v) is 5.57. The molecule has 0 aliphatic heterocycles. The predicted molar refractivity (Wildman–Crippen MR) is 67.2 cm³/mol. The average Bonchev–Trinajstić information content (AvgIpc) is 2.38. The molecule has 4 nitrogen and oxygen atoms in total. The highest BCUT2D eigenvalue weighted by atomic mass is 16.2. The number of nitrogens with zero attached hydrogens (tertiary/aromatic N) is 1. The van der Waals surface area contributed by atoms with Crippen LogP contribution in [0, 0.1) is 16.7 Å². The lowest BCUT2D eigenvalue weighted by Crippen LogP contribution is -2.39. The smallest absolute Gasteiger partial charge is 0.231 e. The second-order valence-corrected chi connectivity index (χ2v) is 4.26. The van der Waals surface area contributed by atoms with Crippen LogP contribution in [-0.4, -0.2) is 12.5 Å². The molecular formula is C13H17N3O. The summed E-state index contributed by atoms with van der Waals surface area (Å²) >= 11 is 0. The van der Waals surface area contributed by atoms with Gasteiger partial charge in [0.05, 0.1) is 17.0 Å². The van der Waals surface area contributed by atoms with Crippen molar-refractivity contribution in [3.63, 3.8) is 0 Å². The largest absolute Gasteiger partial charge is 0.329 e. The molecule has 1 unspecified atom stereocenters. The molecule has 0 radical (unpaired) electrons. The SMILES string of the molecule is CCC(C)(CN)C(=O)Nc1ccc(C#N)cc1. The van der Waals surface area contributed by atoms with Crippen molar-refractivity contribution in [1.29, 1.82) is 5.26 Å². The summed E-state index contributed by atoms with van der Waals surface area (Å²) in [5.74, 6) is -0.0905. The molecule has 0 fully saturated rings. The Morgan fingerprint density at radius 1 is 1.47 bits per heavy atom. The van der Waals surface area contributed by atoms with Crippen molar-refractivity contribution in [3.8, 4) is 6.07 Å². The van der Waals surface area contributed by atoms with Gasteiger partial charge < -0.3 is 11.1 Å². The van der Waals surface area contributed by atoms with Gasteiger partial charge in [-0.05, 0) is 37.6 Å². The van der Waals surface area contributed by atoms with Crippen molar-refractivity contribution in [2.24, 2.45) is 11.1 Å². The first-order chi connectivity index (χ1) is 8.05. The van der Waals surface area contributed by atoms with Gasteiger partial charge in [-0.3, -0.25) is 4.79 Å². The number of nitriles is 1. The third kappa shape index (κ3) is 3.05. The quantitative estimate of drug-likeness (QED) is 0.830. The lowest BCUT2D eigenvalue weighted by molar-refractivity contribution is -0.124. The monoisotopic (exact) mass is 231 g/mol. The Labute approximate surface area is 101 Å². The first-order valence-electron chi connectivity index (χ1n) is 5.57. The minimum absolute atomic E-state index is 0.0905. The van der Waals surface area contributed by atoms with E-state index in [0.717, 1.165) is 0 Å². The Balaban J connectivity index is 2.78. The van der Waals surface area contributed by atoms with E-state index >= 15 is 0 Å². The van der Waals surface area contributed by atoms with Crippen LogP contribution in [0.25, 0.3) is 0 Å². The van der Waals surface area contributed by atoms with Crippen LogP contribution in [0.15, 0.2) is 24.3 Å². The van der Waals surface area contributed by atoms with Crippen LogP contribution < -0.4 is 11.1 Å². The molecule has 90 valence electrons. The summed E-state index contributed by atoms with van der Waals surface area (Å²) in [6.07, 6.45) is 0.686. The van der Waals surface area contributed by atoms with Crippen molar-refractivity contribution >= 4 is 11.6 Å². The Morgan fingerprint density at radius 2 is 2.06 bits per heavy atom. The maximum Gasteiger partial charge on any atom is 0.231 e. The Kier molecular flexibility index (Phi) is 4.24. The summed E-state index contributed by atoms with van der Waals surface area (Å²) in [4.78, 5) is 12.0. The van der Waals surface area contributed by atoms with Gasteiger partial charge in [0.15, 0.2) is 0 Å². The second kappa shape index (κ2) is 5.46. The number of rotatable bonds is 4. The van der Waals surface area contributed by atoms with Crippen LogP contribution in [0.3, 0.4) is 0 Å². The lowest BCUT2D eigenvalue weighted by atomic mass is 9.86. The molecule has 1 amide bonds. The van der Waals surface area contributed by atoms with Crippen LogP contribution in [0.1, 0.15) is 25.8 Å². The number of hydrogen-bond acceptors (Lipinski definition) is 3. The molecule has 17 heavy (non-hydrogen) atoms. The summed E-state index contributed by atoms with van der Waals surface area (Å²) in [5, 5.41) is 11.5. The molecule has 0 aromatic heterocycles. The van der Waals surface area contributed by atoms with Gasteiger partial charge >= 0.3 is 0 Å². The van der Waals surface area contributed by atoms with E-state index in [9.17, 15) is 4.79 Å². The zero-order chi connectivity index (χ0) is 12.9. The van der Waals surface area contributed by atoms with Crippen LogP contribution in [0.4, 0.5) is 5.69 Å². The standard InChI is InChI=1S/C13H17N3O/c1-3-13(2,9-15)12(17)16-11-6-4-10(8-14)5-7-11/h4-7H,3,9,15H2,1-2H3,(H,16,17). The van der Waals surface area contributed by atoms with Gasteiger partial charge in [-0.15, -0.1) is 0 Å². The van der Waals surface area contributed by atoms with Gasteiger partial charge in [0, 0.05) is 12.2 Å². The zero-order valence-corrected chi connectivity index (χ0v) is 10.2. The van der Waals surface area contributed by atoms with Crippen molar-refractivity contribution in [2.75, 3.05) is 11.9 Å². The molecule has 1 aromatic carbocycles. The minimum Gasteiger partial charge on any atom is -0.329 e. The van der Waals surface area contributed by atoms with E-state index in [2.05, 4.69) is 5.32 Å². The number of nitrogens with one attached hydrogen (secondary N) is 1. The predicted octanol–water partition coefficient (Wildman–Crippen LogP) is 1.87. The molecule has 0 bridgehead atoms. The minimum atomic E-state index is -0.548. The highest BCUT2D eigenvalue weighted by Crippen LogP contribution is 2.22. The molecule has 0 saturated heterocycles. The summed E-state index contributed by atoms with van der Waals surface area (Å²) in [6, 6.07) is 8.79. The Bertz CT molecular complexity index is 427. The fraction of sp³-hybridized carbons (Fsp3) is 0.385. The van der Waals surface area contributed by atoms with Gasteiger partial charge in [0.2, 0.25) is 5.91 Å². The second-order valence-electron chi connectivity index (χ2n) is 4.26. The summed E-state index contributed by atoms with van der Waals surface area (Å²) < 4.78 is 0. The molecule has 0 spiro atoms. The van der Waals surface area contributed by atoms with Crippen molar-refractivity contribution in [3.05, 3.63) is 29.8 Å². The third-order valence-electron chi connectivity index (χ3n) is 3.05. The van der Waals surface area contributed by atoms with E-state index in [1.807, 2.05) is 19.9 Å². The Morgan fingerprint density at radius 3 is 2.47 bits per heavy atom. The van der Waals surface area contributed by atoms with Gasteiger partial charge in [0.25, 0.3) is 0 Å². The van der Waals surface area contributed by atoms with E-state index in [1.165, 1.54) is 0 Å². The lowest BCUT2D eigenvalue weighted by Gasteiger charge is -2.24. The van der Waals surface area contributed by atoms with Crippen LogP contribution in [-0.2, 0) is 4.79 Å². The molecule has 0 aliphatic rings. The molecule has 1 aromatic rings. The fourth-order valence-electron chi connectivity index (χ4n) is 1.31. The number of carbonyl (C=O) groups is 1. The van der Waals surface area contributed by atoms with E-state index < -0.39 is 5.41 Å². The van der Waals surface area contributed by atoms with E-state index in [4.69, 9.17) is 11.0 Å². The van der Waals surface area contributed by atoms with Gasteiger partial charge in [0.1, 0.15) is 0 Å². The molecule has 0 saturated carbocycles. The number of hydrogen-bond donors (Lipinski definition) is 2. The Hall–Kier alpha value is -1.86. The van der Waals surface area contributed by atoms with Crippen molar-refractivity contribution in [1.82, 2.24) is 0 Å². The number of carbonyl (C=O) groups excluding carboxylic acids is 1. The van der Waals surface area contributed by atoms with Crippen LogP contribution >= 0.6 is 0 Å². The van der Waals surface area contributed by atoms with Gasteiger partial charge in [-0.1, -0.05) is 6.92 Å². The first kappa shape index (κ1) is 13.2. The molecule has 0 aliphatic carbocycles. The van der Waals surface area contributed by atoms with Crippen molar-refractivity contribution < 1.29 is 4.79 Å². The van der Waals surface area contributed by atoms with E-state index in [0.29, 0.717) is 24.2 Å². The molecule has 4 heteroatoms. The number of anilines is 1. The van der Waals surface area contributed by atoms with Gasteiger partial charge in [-0.25, -0.2) is 0 Å². The third-order valence-corrected chi connectivity index (χ3v) is 3.05. The fourth-order valence-corrected chi connectivity index (χ4v) is 1.31. The van der Waals surface area contributed by atoms with E-state index in [-0.39, 0.29) is 5.91 Å². The maximum absolute atomic E-state index is 12.0. The number of nitrogens with two attached hydrogens (primary N) is 1. The highest BCUT2D eigenvalue weighted by molar-refractivity contribution is 5.95. The summed E-state index contributed by atoms with van der Waals surface area (Å²) in [7, 11) is 0. The van der Waals surface area contributed by atoms with Gasteiger partial charge in [-0.2, -0.15) is 5.26 Å². The average molecular weight is 231 g/mol. The van der Waals surface area contributed by atoms with Crippen LogP contribution in [0.2, 0.25) is 0 Å². The molecule has 1 rings (SSSR count). The molecule has 1 atom stereocenters. The number of benzene rings is 1. The molecular weight excluding hydrogens is 214 g/mol. The maximum atomic E-state index is 12.0. The van der Waals surface area contributed by atoms with Crippen LogP contribution in [0.5, 0.6) is 0 Å². The summed E-state index contributed by atoms with van der Waals surface area (Å²) in [6.45, 7) is 4.09. The number of amides is 1. The normalized spacial score (nSPS) is 13.5. The molecule has 3 N–H and O–H groups in total.